The number of rotatable bonds is 43. The van der Waals surface area contributed by atoms with Gasteiger partial charge in [0, 0.05) is 39.9 Å². The number of carbonyl (C=O) groups is 4. The predicted octanol–water partition coefficient (Wildman–Crippen LogP) is -2.10. The molecule has 2 heterocycles. The van der Waals surface area contributed by atoms with Crippen molar-refractivity contribution in [2.75, 3.05) is 92.5 Å². The Bertz CT molecular complexity index is 1890. The van der Waals surface area contributed by atoms with E-state index >= 15 is 0 Å². The number of aliphatic hydroxyl groups is 7. The zero-order valence-corrected chi connectivity index (χ0v) is 49.2. The highest BCUT2D eigenvalue weighted by Gasteiger charge is 2.46. The first-order valence-electron chi connectivity index (χ1n) is 27.0. The fraction of sp³-hybridized carbons (Fsp3) is 0.917. The smallest absolute Gasteiger partial charge is 0.394 e. The molecule has 2 saturated heterocycles. The van der Waals surface area contributed by atoms with Crippen molar-refractivity contribution in [3.05, 3.63) is 0 Å². The summed E-state index contributed by atoms with van der Waals surface area (Å²) in [5.74, 6) is -1.81. The van der Waals surface area contributed by atoms with E-state index in [-0.39, 0.29) is 91.4 Å². The summed E-state index contributed by atoms with van der Waals surface area (Å²) in [6.45, 7) is 8.68. The van der Waals surface area contributed by atoms with Gasteiger partial charge in [-0.2, -0.15) is 0 Å². The molecular formula is C48H92N4O27P2. The zero-order valence-electron chi connectivity index (χ0n) is 47.4. The number of phosphoric ester groups is 2. The van der Waals surface area contributed by atoms with E-state index in [1.54, 1.807) is 20.8 Å². The quantitative estimate of drug-likeness (QED) is 0.0230. The molecule has 16 atom stereocenters. The van der Waals surface area contributed by atoms with Crippen molar-refractivity contribution in [1.29, 1.82) is 0 Å². The first-order chi connectivity index (χ1) is 38.1. The second-order valence-corrected chi connectivity index (χ2v) is 23.1. The van der Waals surface area contributed by atoms with Crippen molar-refractivity contribution in [1.82, 2.24) is 21.3 Å². The fourth-order valence-electron chi connectivity index (χ4n) is 7.74. The summed E-state index contributed by atoms with van der Waals surface area (Å²) >= 11 is 0. The van der Waals surface area contributed by atoms with Crippen molar-refractivity contribution < 1.29 is 130 Å². The highest BCUT2D eigenvalue weighted by atomic mass is 31.2. The van der Waals surface area contributed by atoms with Gasteiger partial charge < -0.3 is 105 Å². The van der Waals surface area contributed by atoms with Crippen molar-refractivity contribution in [3.8, 4) is 0 Å². The van der Waals surface area contributed by atoms with Crippen LogP contribution in [0, 0.1) is 0 Å². The maximum atomic E-state index is 13.0. The van der Waals surface area contributed by atoms with Crippen LogP contribution in [0.3, 0.4) is 0 Å². The number of ether oxygens (including phenoxy) is 8. The molecule has 13 N–H and O–H groups in total. The summed E-state index contributed by atoms with van der Waals surface area (Å²) in [6.07, 6.45) is -9.63. The molecule has 33 heteroatoms. The lowest BCUT2D eigenvalue weighted by atomic mass is 9.97. The van der Waals surface area contributed by atoms with E-state index in [1.165, 1.54) is 27.7 Å². The maximum absolute atomic E-state index is 13.0. The van der Waals surface area contributed by atoms with Crippen molar-refractivity contribution >= 4 is 39.3 Å². The lowest BCUT2D eigenvalue weighted by Gasteiger charge is -2.42. The van der Waals surface area contributed by atoms with Gasteiger partial charge in [-0.15, -0.1) is 0 Å². The molecule has 2 fully saturated rings. The van der Waals surface area contributed by atoms with Crippen LogP contribution in [-0.2, 0) is 84.3 Å². The van der Waals surface area contributed by atoms with Crippen LogP contribution in [0.1, 0.15) is 99.8 Å². The van der Waals surface area contributed by atoms with Crippen LogP contribution in [0.25, 0.3) is 0 Å². The molecule has 0 aromatic rings. The Kier molecular flexibility index (Phi) is 36.1. The summed E-state index contributed by atoms with van der Waals surface area (Å²) < 4.78 is 90.0. The minimum absolute atomic E-state index is 0.0330. The van der Waals surface area contributed by atoms with Gasteiger partial charge in [0.15, 0.2) is 12.6 Å². The molecule has 10 unspecified atom stereocenters. The molecule has 81 heavy (non-hydrogen) atoms. The molecule has 0 saturated carbocycles. The molecule has 0 aliphatic carbocycles. The monoisotopic (exact) mass is 1220 g/mol. The summed E-state index contributed by atoms with van der Waals surface area (Å²) in [6, 6.07) is -4.05. The van der Waals surface area contributed by atoms with Crippen LogP contribution >= 0.6 is 15.6 Å². The average Bonchev–Trinajstić information content (AvgIpc) is 3.41. The van der Waals surface area contributed by atoms with Crippen LogP contribution in [0.2, 0.25) is 0 Å². The molecule has 2 rings (SSSR count). The van der Waals surface area contributed by atoms with Gasteiger partial charge in [0.2, 0.25) is 23.6 Å². The number of nitrogens with one attached hydrogen (secondary N) is 4. The lowest BCUT2D eigenvalue weighted by molar-refractivity contribution is -0.270. The van der Waals surface area contributed by atoms with Gasteiger partial charge in [0.1, 0.15) is 48.7 Å². The highest BCUT2D eigenvalue weighted by molar-refractivity contribution is 7.47. The van der Waals surface area contributed by atoms with Gasteiger partial charge in [-0.25, -0.2) is 9.13 Å². The topological polar surface area (TPSA) is 443 Å². The van der Waals surface area contributed by atoms with Crippen molar-refractivity contribution in [2.24, 2.45) is 0 Å². The van der Waals surface area contributed by atoms with E-state index < -0.39 is 144 Å². The van der Waals surface area contributed by atoms with E-state index in [4.69, 9.17) is 56.0 Å². The molecule has 0 bridgehead atoms. The Hall–Kier alpha value is -2.50. The van der Waals surface area contributed by atoms with Crippen LogP contribution < -0.4 is 21.3 Å². The van der Waals surface area contributed by atoms with Gasteiger partial charge in [-0.3, -0.25) is 37.3 Å². The number of hydrogen-bond acceptors (Lipinski definition) is 25. The van der Waals surface area contributed by atoms with Gasteiger partial charge in [-0.05, 0) is 60.3 Å². The molecule has 0 spiro atoms. The third kappa shape index (κ3) is 31.5. The second-order valence-electron chi connectivity index (χ2n) is 20.3. The molecule has 2 aliphatic rings. The molecule has 0 radical (unpaired) electrons. The minimum atomic E-state index is -4.63. The average molecular weight is 1220 g/mol. The molecule has 0 aromatic carbocycles. The van der Waals surface area contributed by atoms with E-state index in [0.29, 0.717) is 38.5 Å². The van der Waals surface area contributed by atoms with E-state index in [2.05, 4.69) is 21.3 Å². The van der Waals surface area contributed by atoms with Crippen LogP contribution in [-0.4, -0.2) is 253 Å². The number of carbonyl (C=O) groups excluding carboxylic acids is 4. The van der Waals surface area contributed by atoms with E-state index in [0.717, 1.165) is 0 Å². The molecule has 0 aromatic heterocycles. The largest absolute Gasteiger partial charge is 0.472 e. The van der Waals surface area contributed by atoms with E-state index in [9.17, 15) is 73.8 Å². The summed E-state index contributed by atoms with van der Waals surface area (Å²) in [5, 5.41) is 80.6. The summed E-state index contributed by atoms with van der Waals surface area (Å²) in [4.78, 5) is 69.3. The fourth-order valence-corrected chi connectivity index (χ4v) is 9.40. The minimum Gasteiger partial charge on any atom is -0.394 e. The van der Waals surface area contributed by atoms with Crippen molar-refractivity contribution in [2.45, 2.75) is 191 Å². The van der Waals surface area contributed by atoms with Crippen LogP contribution in [0.5, 0.6) is 0 Å². The summed E-state index contributed by atoms with van der Waals surface area (Å²) in [7, 11) is -9.25. The lowest BCUT2D eigenvalue weighted by Crippen LogP contribution is -2.64. The van der Waals surface area contributed by atoms with Gasteiger partial charge in [-0.1, -0.05) is 12.8 Å². The molecule has 4 amide bonds. The molecule has 31 nitrogen and oxygen atoms in total. The standard InChI is InChI=1S/C48H92N4O27P2/c1-30(55)34(51-38(58)14-10-8-12-16-71-46-40(49-32(3)56)44(62)42(60)36(26-53)77-46)29-76-80(64,65)74-24-22-69-20-18-68-19-21-70-23-25-75-81(66,67)79-31(2)35(28-73-48(5,6)7)52-39(59)15-11-9-13-17-72-47-41(50-33(4)57)45(63)43(61)37(27-54)78-47/h30-31,34-37,40-47,53-55,60-63H,8-29H2,1-7H3,(H,49,56)(H,50,57)(H,51,58)(H,52,59)(H,64,65)(H,66,67)/t30?,31?,34?,35?,36?,37?,40?,41?,42-,43-,44+,45+,46+,47+/m0/s1. The Morgan fingerprint density at radius 1 is 0.556 bits per heavy atom. The Morgan fingerprint density at radius 2 is 0.963 bits per heavy atom. The third-order valence-electron chi connectivity index (χ3n) is 12.1. The first-order valence-corrected chi connectivity index (χ1v) is 30.0. The number of amides is 4. The Balaban J connectivity index is 1.58. The number of phosphoric acid groups is 2. The number of aliphatic hydroxyl groups excluding tert-OH is 7. The molecule has 2 aliphatic heterocycles. The Labute approximate surface area is 472 Å². The molecular weight excluding hydrogens is 1130 g/mol. The van der Waals surface area contributed by atoms with Gasteiger partial charge in [0.25, 0.3) is 0 Å². The maximum Gasteiger partial charge on any atom is 0.472 e. The van der Waals surface area contributed by atoms with E-state index in [1.807, 2.05) is 0 Å². The number of unbranched alkanes of at least 4 members (excludes halogenated alkanes) is 4. The highest BCUT2D eigenvalue weighted by Crippen LogP contribution is 2.45. The molecule has 476 valence electrons. The van der Waals surface area contributed by atoms with Crippen LogP contribution in [0.15, 0.2) is 0 Å². The van der Waals surface area contributed by atoms with Gasteiger partial charge in [0.05, 0.1) is 109 Å². The van der Waals surface area contributed by atoms with Crippen LogP contribution in [0.4, 0.5) is 0 Å². The predicted molar refractivity (Wildman–Crippen MR) is 281 cm³/mol. The first kappa shape index (κ1) is 74.6. The Morgan fingerprint density at radius 3 is 1.36 bits per heavy atom. The second kappa shape index (κ2) is 39.2. The summed E-state index contributed by atoms with van der Waals surface area (Å²) in [5.41, 5.74) is -0.615. The van der Waals surface area contributed by atoms with Gasteiger partial charge >= 0.3 is 15.6 Å². The van der Waals surface area contributed by atoms with Crippen molar-refractivity contribution in [3.63, 3.8) is 0 Å². The number of hydrogen-bond donors (Lipinski definition) is 13. The zero-order chi connectivity index (χ0) is 60.8. The normalized spacial score (nSPS) is 26.3. The SMILES string of the molecule is CC(=O)NC1[C@H](OCCCCCC(=O)NC(COP(=O)(O)OCCOCCOCCOCCOP(=O)(O)OC(C)C(COC(C)(C)C)NC(=O)CCCCCO[C@@H]2OC(CO)[C@H](O)[C@H](O)C2NC(C)=O)C(C)O)OC(CO)[C@H](O)[C@@H]1O. The third-order valence-corrected chi connectivity index (χ3v) is 14.2.